The zero-order valence-electron chi connectivity index (χ0n) is 14.0. The van der Waals surface area contributed by atoms with Gasteiger partial charge in [-0.1, -0.05) is 0 Å². The van der Waals surface area contributed by atoms with E-state index < -0.39 is 11.9 Å². The Morgan fingerprint density at radius 1 is 1.28 bits per heavy atom. The van der Waals surface area contributed by atoms with Crippen molar-refractivity contribution in [3.8, 4) is 11.3 Å². The van der Waals surface area contributed by atoms with Crippen molar-refractivity contribution in [1.29, 1.82) is 0 Å². The zero-order chi connectivity index (χ0) is 18.2. The van der Waals surface area contributed by atoms with E-state index in [2.05, 4.69) is 15.3 Å². The molecule has 0 unspecified atom stereocenters. The molecular formula is C16H19F2N5O2. The number of anilines is 1. The van der Waals surface area contributed by atoms with Crippen LogP contribution < -0.4 is 4.90 Å². The molecule has 0 amide bonds. The standard InChI is InChI=1S/C16H19F2N5O2/c1-10-12(15(24)25)14(23-6-3-4-16(17,18)5-7-23)21-20-13(10)11-8-19-22(2)9-11/h8-9H,3-7H2,1-2H3,(H,24,25). The summed E-state index contributed by atoms with van der Waals surface area (Å²) in [6.45, 7) is 2.03. The Balaban J connectivity index is 2.03. The number of carboxylic acids is 1. The highest BCUT2D eigenvalue weighted by atomic mass is 19.3. The molecule has 1 N–H and O–H groups in total. The van der Waals surface area contributed by atoms with Gasteiger partial charge in [0, 0.05) is 44.7 Å². The van der Waals surface area contributed by atoms with Gasteiger partial charge in [-0.2, -0.15) is 5.10 Å². The van der Waals surface area contributed by atoms with Gasteiger partial charge in [0.05, 0.1) is 6.20 Å². The van der Waals surface area contributed by atoms with E-state index in [0.29, 0.717) is 23.4 Å². The quantitative estimate of drug-likeness (QED) is 0.915. The first-order chi connectivity index (χ1) is 11.8. The molecule has 25 heavy (non-hydrogen) atoms. The summed E-state index contributed by atoms with van der Waals surface area (Å²) in [7, 11) is 1.75. The van der Waals surface area contributed by atoms with E-state index in [4.69, 9.17) is 0 Å². The Bertz CT molecular complexity index is 806. The molecule has 0 saturated carbocycles. The van der Waals surface area contributed by atoms with Crippen molar-refractivity contribution in [2.75, 3.05) is 18.0 Å². The summed E-state index contributed by atoms with van der Waals surface area (Å²) >= 11 is 0. The van der Waals surface area contributed by atoms with Crippen LogP contribution in [0.1, 0.15) is 35.2 Å². The van der Waals surface area contributed by atoms with Crippen LogP contribution >= 0.6 is 0 Å². The van der Waals surface area contributed by atoms with Crippen molar-refractivity contribution in [2.24, 2.45) is 7.05 Å². The molecule has 3 heterocycles. The summed E-state index contributed by atoms with van der Waals surface area (Å²) in [4.78, 5) is 13.4. The molecule has 9 heteroatoms. The third-order valence-electron chi connectivity index (χ3n) is 4.41. The molecule has 134 valence electrons. The molecule has 7 nitrogen and oxygen atoms in total. The molecule has 0 bridgehead atoms. The first kappa shape index (κ1) is 17.2. The number of nitrogens with zero attached hydrogens (tertiary/aromatic N) is 5. The summed E-state index contributed by atoms with van der Waals surface area (Å²) in [5.74, 6) is -3.73. The number of rotatable bonds is 3. The molecule has 1 fully saturated rings. The lowest BCUT2D eigenvalue weighted by Gasteiger charge is -2.23. The second-order valence-electron chi connectivity index (χ2n) is 6.28. The largest absolute Gasteiger partial charge is 0.478 e. The number of aromatic nitrogens is 4. The minimum absolute atomic E-state index is 0.000862. The predicted molar refractivity (Wildman–Crippen MR) is 86.9 cm³/mol. The number of hydrogen-bond acceptors (Lipinski definition) is 5. The van der Waals surface area contributed by atoms with Gasteiger partial charge in [0.25, 0.3) is 0 Å². The van der Waals surface area contributed by atoms with E-state index in [1.54, 1.807) is 35.9 Å². The van der Waals surface area contributed by atoms with Gasteiger partial charge in [-0.05, 0) is 18.9 Å². The number of alkyl halides is 2. The molecular weight excluding hydrogens is 332 g/mol. The topological polar surface area (TPSA) is 84.1 Å². The normalized spacial score (nSPS) is 17.4. The maximum absolute atomic E-state index is 13.6. The van der Waals surface area contributed by atoms with Crippen molar-refractivity contribution < 1.29 is 18.7 Å². The van der Waals surface area contributed by atoms with Crippen LogP contribution in [0.2, 0.25) is 0 Å². The molecule has 0 aromatic carbocycles. The van der Waals surface area contributed by atoms with Gasteiger partial charge in [-0.25, -0.2) is 13.6 Å². The fraction of sp³-hybridized carbons (Fsp3) is 0.500. The van der Waals surface area contributed by atoms with Gasteiger partial charge in [0.1, 0.15) is 11.3 Å². The summed E-state index contributed by atoms with van der Waals surface area (Å²) in [6, 6.07) is 0. The molecule has 1 aliphatic heterocycles. The first-order valence-corrected chi connectivity index (χ1v) is 8.01. The number of carboxylic acid groups (broad SMARTS) is 1. The number of aryl methyl sites for hydroxylation is 1. The van der Waals surface area contributed by atoms with E-state index in [-0.39, 0.29) is 37.2 Å². The highest BCUT2D eigenvalue weighted by Crippen LogP contribution is 2.33. The maximum atomic E-state index is 13.6. The van der Waals surface area contributed by atoms with Gasteiger partial charge in [0.15, 0.2) is 5.82 Å². The van der Waals surface area contributed by atoms with Gasteiger partial charge < -0.3 is 10.0 Å². The first-order valence-electron chi connectivity index (χ1n) is 8.01. The van der Waals surface area contributed by atoms with Crippen LogP contribution in [0.5, 0.6) is 0 Å². The maximum Gasteiger partial charge on any atom is 0.339 e. The second kappa shape index (κ2) is 6.38. The van der Waals surface area contributed by atoms with Crippen molar-refractivity contribution in [1.82, 2.24) is 20.0 Å². The fourth-order valence-corrected chi connectivity index (χ4v) is 3.08. The Hall–Kier alpha value is -2.58. The summed E-state index contributed by atoms with van der Waals surface area (Å²) in [5, 5.41) is 21.9. The Morgan fingerprint density at radius 3 is 2.68 bits per heavy atom. The van der Waals surface area contributed by atoms with Crippen LogP contribution in [0.3, 0.4) is 0 Å². The van der Waals surface area contributed by atoms with E-state index in [9.17, 15) is 18.7 Å². The smallest absolute Gasteiger partial charge is 0.339 e. The highest BCUT2D eigenvalue weighted by molar-refractivity contribution is 5.96. The lowest BCUT2D eigenvalue weighted by Crippen LogP contribution is -2.29. The SMILES string of the molecule is Cc1c(-c2cnn(C)c2)nnc(N2CCCC(F)(F)CC2)c1C(=O)O. The molecule has 0 radical (unpaired) electrons. The van der Waals surface area contributed by atoms with Crippen molar-refractivity contribution >= 4 is 11.8 Å². The van der Waals surface area contributed by atoms with Crippen molar-refractivity contribution in [3.05, 3.63) is 23.5 Å². The molecule has 2 aromatic heterocycles. The average molecular weight is 351 g/mol. The lowest BCUT2D eigenvalue weighted by atomic mass is 10.0. The average Bonchev–Trinajstić information content (AvgIpc) is 2.87. The third-order valence-corrected chi connectivity index (χ3v) is 4.41. The van der Waals surface area contributed by atoms with Crippen LogP contribution in [0, 0.1) is 6.92 Å². The summed E-state index contributed by atoms with van der Waals surface area (Å²) in [6.07, 6.45) is 3.05. The second-order valence-corrected chi connectivity index (χ2v) is 6.28. The lowest BCUT2D eigenvalue weighted by molar-refractivity contribution is -0.0102. The van der Waals surface area contributed by atoms with Gasteiger partial charge >= 0.3 is 5.97 Å². The fourth-order valence-electron chi connectivity index (χ4n) is 3.08. The molecule has 0 aliphatic carbocycles. The van der Waals surface area contributed by atoms with E-state index in [1.165, 1.54) is 0 Å². The van der Waals surface area contributed by atoms with Gasteiger partial charge in [-0.3, -0.25) is 4.68 Å². The Labute approximate surface area is 143 Å². The van der Waals surface area contributed by atoms with Crippen molar-refractivity contribution in [3.63, 3.8) is 0 Å². The summed E-state index contributed by atoms with van der Waals surface area (Å²) < 4.78 is 28.8. The highest BCUT2D eigenvalue weighted by Gasteiger charge is 2.34. The number of hydrogen-bond donors (Lipinski definition) is 1. The number of aromatic carboxylic acids is 1. The van der Waals surface area contributed by atoms with Crippen LogP contribution in [0.25, 0.3) is 11.3 Å². The number of carbonyl (C=O) groups is 1. The Kier molecular flexibility index (Phi) is 4.40. The summed E-state index contributed by atoms with van der Waals surface area (Å²) in [5.41, 5.74) is 1.53. The minimum atomic E-state index is -2.73. The van der Waals surface area contributed by atoms with Gasteiger partial charge in [0.2, 0.25) is 5.92 Å². The molecule has 0 spiro atoms. The van der Waals surface area contributed by atoms with E-state index >= 15 is 0 Å². The zero-order valence-corrected chi connectivity index (χ0v) is 14.0. The van der Waals surface area contributed by atoms with Gasteiger partial charge in [-0.15, -0.1) is 10.2 Å². The third kappa shape index (κ3) is 3.45. The van der Waals surface area contributed by atoms with Crippen LogP contribution in [0.4, 0.5) is 14.6 Å². The van der Waals surface area contributed by atoms with Crippen molar-refractivity contribution in [2.45, 2.75) is 32.1 Å². The number of halogens is 2. The minimum Gasteiger partial charge on any atom is -0.478 e. The van der Waals surface area contributed by atoms with E-state index in [1.807, 2.05) is 0 Å². The molecule has 2 aromatic rings. The molecule has 3 rings (SSSR count). The Morgan fingerprint density at radius 2 is 2.04 bits per heavy atom. The predicted octanol–water partition coefficient (Wildman–Crippen LogP) is 2.51. The van der Waals surface area contributed by atoms with E-state index in [0.717, 1.165) is 0 Å². The molecule has 1 aliphatic rings. The monoisotopic (exact) mass is 351 g/mol. The molecule has 0 atom stereocenters. The van der Waals surface area contributed by atoms with Crippen LogP contribution in [-0.2, 0) is 7.05 Å². The van der Waals surface area contributed by atoms with Crippen LogP contribution in [-0.4, -0.2) is 50.1 Å². The molecule has 1 saturated heterocycles. The van der Waals surface area contributed by atoms with Crippen LogP contribution in [0.15, 0.2) is 12.4 Å².